The fourth-order valence-corrected chi connectivity index (χ4v) is 3.54. The number of benzene rings is 1. The predicted molar refractivity (Wildman–Crippen MR) is 98.8 cm³/mol. The number of rotatable bonds is 7. The molecule has 7 heteroatoms. The van der Waals surface area contributed by atoms with Crippen molar-refractivity contribution in [3.05, 3.63) is 57.8 Å². The van der Waals surface area contributed by atoms with E-state index in [1.165, 1.54) is 0 Å². The molecular formula is C19H22N2O4S. The SMILES string of the molecule is Cc1ccc([C@@]2(C)NC(=O)N(C[C@@H](O)COCc3cccs3)C2=O)cc1. The van der Waals surface area contributed by atoms with Crippen LogP contribution in [0.15, 0.2) is 41.8 Å². The lowest BCUT2D eigenvalue weighted by Gasteiger charge is -2.23. The maximum absolute atomic E-state index is 12.8. The van der Waals surface area contributed by atoms with Gasteiger partial charge in [-0.3, -0.25) is 9.69 Å². The first-order valence-electron chi connectivity index (χ1n) is 8.39. The molecule has 1 aromatic carbocycles. The second kappa shape index (κ2) is 7.57. The van der Waals surface area contributed by atoms with Crippen LogP contribution in [-0.4, -0.2) is 41.2 Å². The summed E-state index contributed by atoms with van der Waals surface area (Å²) in [6, 6.07) is 10.8. The second-order valence-electron chi connectivity index (χ2n) is 6.59. The highest BCUT2D eigenvalue weighted by molar-refractivity contribution is 7.09. The molecule has 0 saturated carbocycles. The van der Waals surface area contributed by atoms with Crippen LogP contribution in [0.5, 0.6) is 0 Å². The number of nitrogens with one attached hydrogen (secondary N) is 1. The van der Waals surface area contributed by atoms with Gasteiger partial charge in [0.15, 0.2) is 0 Å². The zero-order chi connectivity index (χ0) is 18.7. The molecule has 2 N–H and O–H groups in total. The lowest BCUT2D eigenvalue weighted by molar-refractivity contribution is -0.132. The molecular weight excluding hydrogens is 352 g/mol. The molecule has 1 aliphatic heterocycles. The minimum Gasteiger partial charge on any atom is -0.389 e. The molecule has 0 radical (unpaired) electrons. The van der Waals surface area contributed by atoms with Crippen LogP contribution >= 0.6 is 11.3 Å². The number of aliphatic hydroxyl groups is 1. The van der Waals surface area contributed by atoms with Gasteiger partial charge in [-0.05, 0) is 30.9 Å². The number of ether oxygens (including phenoxy) is 1. The van der Waals surface area contributed by atoms with Crippen molar-refractivity contribution in [2.75, 3.05) is 13.2 Å². The summed E-state index contributed by atoms with van der Waals surface area (Å²) in [6.45, 7) is 3.99. The van der Waals surface area contributed by atoms with Crippen LogP contribution in [0.2, 0.25) is 0 Å². The van der Waals surface area contributed by atoms with Crippen molar-refractivity contribution in [2.24, 2.45) is 0 Å². The van der Waals surface area contributed by atoms with Crippen molar-refractivity contribution in [3.8, 4) is 0 Å². The molecule has 26 heavy (non-hydrogen) atoms. The molecule has 0 aliphatic carbocycles. The number of amides is 3. The molecule has 1 aromatic heterocycles. The smallest absolute Gasteiger partial charge is 0.325 e. The van der Waals surface area contributed by atoms with Crippen molar-refractivity contribution < 1.29 is 19.4 Å². The predicted octanol–water partition coefficient (Wildman–Crippen LogP) is 2.40. The van der Waals surface area contributed by atoms with Crippen LogP contribution in [0.1, 0.15) is 22.9 Å². The Bertz CT molecular complexity index is 775. The van der Waals surface area contributed by atoms with Crippen LogP contribution in [0.3, 0.4) is 0 Å². The molecule has 0 unspecified atom stereocenters. The molecule has 138 valence electrons. The Hall–Kier alpha value is -2.22. The molecule has 2 atom stereocenters. The lowest BCUT2D eigenvalue weighted by atomic mass is 9.91. The number of aliphatic hydroxyl groups excluding tert-OH is 1. The van der Waals surface area contributed by atoms with Crippen LogP contribution in [0, 0.1) is 6.92 Å². The van der Waals surface area contributed by atoms with Gasteiger partial charge in [0.25, 0.3) is 5.91 Å². The quantitative estimate of drug-likeness (QED) is 0.730. The first-order chi connectivity index (χ1) is 12.4. The normalized spacial score (nSPS) is 21.1. The third-order valence-electron chi connectivity index (χ3n) is 4.43. The van der Waals surface area contributed by atoms with Gasteiger partial charge in [0.2, 0.25) is 0 Å². The van der Waals surface area contributed by atoms with Gasteiger partial charge in [-0.25, -0.2) is 4.79 Å². The summed E-state index contributed by atoms with van der Waals surface area (Å²) in [5.74, 6) is -0.372. The van der Waals surface area contributed by atoms with E-state index in [-0.39, 0.29) is 19.1 Å². The molecule has 3 rings (SSSR count). The molecule has 2 aromatic rings. The zero-order valence-corrected chi connectivity index (χ0v) is 15.6. The highest BCUT2D eigenvalue weighted by atomic mass is 32.1. The van der Waals surface area contributed by atoms with Crippen molar-refractivity contribution >= 4 is 23.3 Å². The van der Waals surface area contributed by atoms with Crippen LogP contribution in [-0.2, 0) is 21.7 Å². The van der Waals surface area contributed by atoms with E-state index in [1.54, 1.807) is 18.3 Å². The highest BCUT2D eigenvalue weighted by Crippen LogP contribution is 2.29. The topological polar surface area (TPSA) is 78.9 Å². The third kappa shape index (κ3) is 3.80. The monoisotopic (exact) mass is 374 g/mol. The molecule has 0 spiro atoms. The first-order valence-corrected chi connectivity index (χ1v) is 9.27. The molecule has 1 saturated heterocycles. The molecule has 2 heterocycles. The van der Waals surface area contributed by atoms with Crippen molar-refractivity contribution in [1.29, 1.82) is 0 Å². The van der Waals surface area contributed by atoms with Gasteiger partial charge in [-0.2, -0.15) is 0 Å². The Kier molecular flexibility index (Phi) is 5.41. The average Bonchev–Trinajstić information content (AvgIpc) is 3.19. The number of hydrogen-bond acceptors (Lipinski definition) is 5. The summed E-state index contributed by atoms with van der Waals surface area (Å²) < 4.78 is 5.46. The molecule has 3 amide bonds. The van der Waals surface area contributed by atoms with Gasteiger partial charge in [-0.15, -0.1) is 11.3 Å². The molecule has 0 bridgehead atoms. The summed E-state index contributed by atoms with van der Waals surface area (Å²) in [7, 11) is 0. The fraction of sp³-hybridized carbons (Fsp3) is 0.368. The van der Waals surface area contributed by atoms with Gasteiger partial charge in [0.1, 0.15) is 5.54 Å². The van der Waals surface area contributed by atoms with Crippen LogP contribution < -0.4 is 5.32 Å². The maximum Gasteiger partial charge on any atom is 0.325 e. The number of urea groups is 1. The zero-order valence-electron chi connectivity index (χ0n) is 14.8. The molecule has 1 aliphatic rings. The summed E-state index contributed by atoms with van der Waals surface area (Å²) in [6.07, 6.45) is -0.940. The van der Waals surface area contributed by atoms with E-state index in [9.17, 15) is 14.7 Å². The Morgan fingerprint density at radius 1 is 1.27 bits per heavy atom. The average molecular weight is 374 g/mol. The maximum atomic E-state index is 12.8. The molecule has 1 fully saturated rings. The Labute approximate surface area is 156 Å². The van der Waals surface area contributed by atoms with Gasteiger partial charge >= 0.3 is 6.03 Å². The van der Waals surface area contributed by atoms with Crippen molar-refractivity contribution in [3.63, 3.8) is 0 Å². The summed E-state index contributed by atoms with van der Waals surface area (Å²) in [5, 5.41) is 14.8. The Morgan fingerprint density at radius 2 is 2.00 bits per heavy atom. The number of carbonyl (C=O) groups is 2. The standard InChI is InChI=1S/C19H22N2O4S/c1-13-5-7-14(8-6-13)19(2)17(23)21(18(24)20-19)10-15(22)11-25-12-16-4-3-9-26-16/h3-9,15,22H,10-12H2,1-2H3,(H,20,24)/t15-,19-/m1/s1. The number of carbonyl (C=O) groups excluding carboxylic acids is 2. The van der Waals surface area contributed by atoms with E-state index < -0.39 is 17.7 Å². The number of nitrogens with zero attached hydrogens (tertiary/aromatic N) is 1. The highest BCUT2D eigenvalue weighted by Gasteiger charge is 2.49. The number of aryl methyl sites for hydroxylation is 1. The first kappa shape index (κ1) is 18.6. The summed E-state index contributed by atoms with van der Waals surface area (Å²) in [4.78, 5) is 27.2. The van der Waals surface area contributed by atoms with Crippen molar-refractivity contribution in [1.82, 2.24) is 10.2 Å². The van der Waals surface area contributed by atoms with E-state index >= 15 is 0 Å². The second-order valence-corrected chi connectivity index (χ2v) is 7.62. The van der Waals surface area contributed by atoms with Gasteiger partial charge < -0.3 is 15.2 Å². The van der Waals surface area contributed by atoms with Gasteiger partial charge in [0.05, 0.1) is 25.9 Å². The van der Waals surface area contributed by atoms with Crippen LogP contribution in [0.25, 0.3) is 0 Å². The van der Waals surface area contributed by atoms with Gasteiger partial charge in [0, 0.05) is 4.88 Å². The van der Waals surface area contributed by atoms with Gasteiger partial charge in [-0.1, -0.05) is 35.9 Å². The Balaban J connectivity index is 1.60. The summed E-state index contributed by atoms with van der Waals surface area (Å²) >= 11 is 1.57. The van der Waals surface area contributed by atoms with E-state index in [0.29, 0.717) is 12.2 Å². The number of imide groups is 1. The molecule has 6 nitrogen and oxygen atoms in total. The lowest BCUT2D eigenvalue weighted by Crippen LogP contribution is -2.42. The number of hydrogen-bond donors (Lipinski definition) is 2. The summed E-state index contributed by atoms with van der Waals surface area (Å²) in [5.41, 5.74) is 0.666. The van der Waals surface area contributed by atoms with E-state index in [2.05, 4.69) is 5.32 Å². The minimum absolute atomic E-state index is 0.0518. The van der Waals surface area contributed by atoms with Crippen molar-refractivity contribution in [2.45, 2.75) is 32.1 Å². The largest absolute Gasteiger partial charge is 0.389 e. The van der Waals surface area contributed by atoms with Crippen LogP contribution in [0.4, 0.5) is 4.79 Å². The number of thiophene rings is 1. The van der Waals surface area contributed by atoms with E-state index in [1.807, 2.05) is 48.7 Å². The van der Waals surface area contributed by atoms with E-state index in [0.717, 1.165) is 15.3 Å². The Morgan fingerprint density at radius 3 is 2.65 bits per heavy atom. The minimum atomic E-state index is -1.12. The third-order valence-corrected chi connectivity index (χ3v) is 5.28. The fourth-order valence-electron chi connectivity index (χ4n) is 2.90. The number of β-amino-alcohol motifs (C(OH)–C–C–N with tert-alkyl or cyclic N) is 1. The van der Waals surface area contributed by atoms with E-state index in [4.69, 9.17) is 4.74 Å².